The van der Waals surface area contributed by atoms with Crippen LogP contribution in [0.5, 0.6) is 0 Å². The molecule has 0 aliphatic carbocycles. The Morgan fingerprint density at radius 3 is 2.36 bits per heavy atom. The van der Waals surface area contributed by atoms with Crippen molar-refractivity contribution in [2.75, 3.05) is 4.90 Å². The predicted octanol–water partition coefficient (Wildman–Crippen LogP) is 4.78. The van der Waals surface area contributed by atoms with Gasteiger partial charge in [-0.25, -0.2) is 4.98 Å². The smallest absolute Gasteiger partial charge is 0.332 e. The summed E-state index contributed by atoms with van der Waals surface area (Å²) in [5.74, 6) is 0. The molecular formula is C20H18F3N5. The predicted molar refractivity (Wildman–Crippen MR) is 101 cm³/mol. The molecule has 3 aromatic rings. The average molecular weight is 385 g/mol. The number of nitrogens with zero attached hydrogens (tertiary/aromatic N) is 5. The number of imidazole rings is 1. The molecule has 0 amide bonds. The Kier molecular flexibility index (Phi) is 4.21. The van der Waals surface area contributed by atoms with Crippen LogP contribution in [0, 0.1) is 20.8 Å². The van der Waals surface area contributed by atoms with Crippen LogP contribution in [-0.4, -0.2) is 20.6 Å². The van der Waals surface area contributed by atoms with Gasteiger partial charge in [0.05, 0.1) is 28.3 Å². The SMILES string of the molecule is Cc1cn2c(C3C=NC=CN3c3ccc(C(F)(F)F)cc3)c(C)nc2c(C)n1. The zero-order chi connectivity index (χ0) is 20.1. The standard InChI is InChI=1S/C20H18F3N5/c1-12-11-28-18(13(2)26-19(28)14(3)25-12)17-10-24-8-9-27(17)16-6-4-15(5-7-16)20(21,22)23/h4-11,17H,1-3H3. The van der Waals surface area contributed by atoms with Crippen molar-refractivity contribution in [3.05, 3.63) is 71.2 Å². The van der Waals surface area contributed by atoms with Gasteiger partial charge in [-0.05, 0) is 45.0 Å². The van der Waals surface area contributed by atoms with Gasteiger partial charge in [0.2, 0.25) is 0 Å². The summed E-state index contributed by atoms with van der Waals surface area (Å²) in [7, 11) is 0. The van der Waals surface area contributed by atoms with Crippen LogP contribution in [0.25, 0.3) is 5.65 Å². The van der Waals surface area contributed by atoms with Gasteiger partial charge in [0.1, 0.15) is 6.04 Å². The lowest BCUT2D eigenvalue weighted by Gasteiger charge is -2.30. The molecule has 0 saturated carbocycles. The zero-order valence-electron chi connectivity index (χ0n) is 15.6. The van der Waals surface area contributed by atoms with Gasteiger partial charge in [-0.1, -0.05) is 0 Å². The van der Waals surface area contributed by atoms with E-state index in [1.807, 2.05) is 36.3 Å². The van der Waals surface area contributed by atoms with Crippen molar-refractivity contribution in [2.24, 2.45) is 4.99 Å². The van der Waals surface area contributed by atoms with Crippen molar-refractivity contribution in [2.45, 2.75) is 33.0 Å². The highest BCUT2D eigenvalue weighted by Gasteiger charge is 2.31. The first kappa shape index (κ1) is 18.2. The fraction of sp³-hybridized carbons (Fsp3) is 0.250. The molecule has 3 heterocycles. The first-order valence-electron chi connectivity index (χ1n) is 8.74. The summed E-state index contributed by atoms with van der Waals surface area (Å²) in [5.41, 5.74) is 4.11. The summed E-state index contributed by atoms with van der Waals surface area (Å²) in [4.78, 5) is 15.2. The Morgan fingerprint density at radius 2 is 1.68 bits per heavy atom. The van der Waals surface area contributed by atoms with Crippen LogP contribution in [-0.2, 0) is 6.18 Å². The molecule has 0 bridgehead atoms. The van der Waals surface area contributed by atoms with Crippen molar-refractivity contribution < 1.29 is 13.2 Å². The molecule has 2 aromatic heterocycles. The molecule has 5 nitrogen and oxygen atoms in total. The molecule has 0 saturated heterocycles. The molecule has 1 aliphatic rings. The largest absolute Gasteiger partial charge is 0.416 e. The van der Waals surface area contributed by atoms with Crippen LogP contribution in [0.4, 0.5) is 18.9 Å². The van der Waals surface area contributed by atoms with Crippen LogP contribution in [0.3, 0.4) is 0 Å². The molecule has 28 heavy (non-hydrogen) atoms. The minimum absolute atomic E-state index is 0.307. The third-order valence-corrected chi connectivity index (χ3v) is 4.73. The van der Waals surface area contributed by atoms with Crippen molar-refractivity contribution in [3.8, 4) is 0 Å². The summed E-state index contributed by atoms with van der Waals surface area (Å²) in [6.45, 7) is 5.73. The van der Waals surface area contributed by atoms with Gasteiger partial charge in [-0.15, -0.1) is 0 Å². The molecule has 0 fully saturated rings. The molecular weight excluding hydrogens is 367 g/mol. The van der Waals surface area contributed by atoms with E-state index in [0.29, 0.717) is 5.69 Å². The molecule has 1 aliphatic heterocycles. The van der Waals surface area contributed by atoms with Gasteiger partial charge < -0.3 is 4.90 Å². The number of benzene rings is 1. The van der Waals surface area contributed by atoms with Crippen LogP contribution >= 0.6 is 0 Å². The number of aromatic nitrogens is 3. The van der Waals surface area contributed by atoms with E-state index < -0.39 is 11.7 Å². The minimum Gasteiger partial charge on any atom is -0.332 e. The number of fused-ring (bicyclic) bond motifs is 1. The second kappa shape index (κ2) is 6.47. The molecule has 0 spiro atoms. The van der Waals surface area contributed by atoms with Crippen LogP contribution in [0.1, 0.15) is 34.4 Å². The van der Waals surface area contributed by atoms with E-state index >= 15 is 0 Å². The second-order valence-corrected chi connectivity index (χ2v) is 6.74. The summed E-state index contributed by atoms with van der Waals surface area (Å²) < 4.78 is 40.7. The maximum absolute atomic E-state index is 12.9. The Balaban J connectivity index is 1.81. The van der Waals surface area contributed by atoms with Crippen molar-refractivity contribution in [3.63, 3.8) is 0 Å². The molecule has 0 radical (unpaired) electrons. The normalized spacial score (nSPS) is 16.9. The van der Waals surface area contributed by atoms with Crippen molar-refractivity contribution in [1.29, 1.82) is 0 Å². The van der Waals surface area contributed by atoms with E-state index in [1.165, 1.54) is 12.1 Å². The topological polar surface area (TPSA) is 45.8 Å². The number of aryl methyl sites for hydroxylation is 3. The van der Waals surface area contributed by atoms with E-state index in [9.17, 15) is 13.2 Å². The van der Waals surface area contributed by atoms with E-state index in [1.54, 1.807) is 18.6 Å². The molecule has 8 heteroatoms. The lowest BCUT2D eigenvalue weighted by Crippen LogP contribution is -2.28. The fourth-order valence-electron chi connectivity index (χ4n) is 3.51. The van der Waals surface area contributed by atoms with E-state index in [-0.39, 0.29) is 6.04 Å². The van der Waals surface area contributed by atoms with Crippen LogP contribution < -0.4 is 4.90 Å². The summed E-state index contributed by atoms with van der Waals surface area (Å²) in [6, 6.07) is 4.81. The summed E-state index contributed by atoms with van der Waals surface area (Å²) in [6.07, 6.45) is 2.68. The molecule has 1 aromatic carbocycles. The maximum Gasteiger partial charge on any atom is 0.416 e. The molecule has 144 valence electrons. The first-order chi connectivity index (χ1) is 13.3. The van der Waals surface area contributed by atoms with Gasteiger partial charge in [0, 0.05) is 30.5 Å². The van der Waals surface area contributed by atoms with Gasteiger partial charge in [-0.3, -0.25) is 14.4 Å². The highest BCUT2D eigenvalue weighted by molar-refractivity contribution is 5.77. The Bertz CT molecular complexity index is 1090. The monoisotopic (exact) mass is 385 g/mol. The van der Waals surface area contributed by atoms with Crippen molar-refractivity contribution in [1.82, 2.24) is 14.4 Å². The van der Waals surface area contributed by atoms with Gasteiger partial charge in [-0.2, -0.15) is 13.2 Å². The average Bonchev–Trinajstić information content (AvgIpc) is 2.97. The summed E-state index contributed by atoms with van der Waals surface area (Å²) >= 11 is 0. The number of anilines is 1. The fourth-order valence-corrected chi connectivity index (χ4v) is 3.51. The number of aliphatic imine (C=N–C) groups is 1. The number of hydrogen-bond acceptors (Lipinski definition) is 4. The molecule has 0 N–H and O–H groups in total. The van der Waals surface area contributed by atoms with Gasteiger partial charge in [0.15, 0.2) is 5.65 Å². The lowest BCUT2D eigenvalue weighted by atomic mass is 10.1. The van der Waals surface area contributed by atoms with Gasteiger partial charge in [0.25, 0.3) is 0 Å². The number of alkyl halides is 3. The molecule has 1 atom stereocenters. The molecule has 1 unspecified atom stereocenters. The van der Waals surface area contributed by atoms with Crippen molar-refractivity contribution >= 4 is 17.5 Å². The lowest BCUT2D eigenvalue weighted by molar-refractivity contribution is -0.137. The Morgan fingerprint density at radius 1 is 0.964 bits per heavy atom. The second-order valence-electron chi connectivity index (χ2n) is 6.74. The number of hydrogen-bond donors (Lipinski definition) is 0. The van der Waals surface area contributed by atoms with Crippen LogP contribution in [0.2, 0.25) is 0 Å². The first-order valence-corrected chi connectivity index (χ1v) is 8.74. The summed E-state index contributed by atoms with van der Waals surface area (Å²) in [5, 5.41) is 0. The third-order valence-electron chi connectivity index (χ3n) is 4.73. The highest BCUT2D eigenvalue weighted by atomic mass is 19.4. The quantitative estimate of drug-likeness (QED) is 0.638. The van der Waals surface area contributed by atoms with E-state index in [4.69, 9.17) is 0 Å². The Hall–Kier alpha value is -3.16. The molecule has 4 rings (SSSR count). The number of rotatable bonds is 2. The third kappa shape index (κ3) is 3.04. The minimum atomic E-state index is -4.36. The maximum atomic E-state index is 12.9. The van der Waals surface area contributed by atoms with E-state index in [0.717, 1.165) is 40.6 Å². The number of halogens is 3. The zero-order valence-corrected chi connectivity index (χ0v) is 15.6. The van der Waals surface area contributed by atoms with E-state index in [2.05, 4.69) is 15.0 Å². The highest BCUT2D eigenvalue weighted by Crippen LogP contribution is 2.34. The van der Waals surface area contributed by atoms with Gasteiger partial charge >= 0.3 is 6.18 Å². The van der Waals surface area contributed by atoms with Crippen LogP contribution in [0.15, 0.2) is 47.9 Å². The Labute approximate surface area is 159 Å².